The number of amidine groups is 1. The summed E-state index contributed by atoms with van der Waals surface area (Å²) in [4.78, 5) is 0. The minimum absolute atomic E-state index is 0.000964. The Morgan fingerprint density at radius 1 is 1.36 bits per heavy atom. The molecule has 118 valence electrons. The smallest absolute Gasteiger partial charge is 0.137 e. The Hall–Kier alpha value is -2.50. The molecule has 0 saturated carbocycles. The largest absolute Gasteiger partial charge is 0.507 e. The van der Waals surface area contributed by atoms with Crippen LogP contribution in [0.2, 0.25) is 0 Å². The summed E-state index contributed by atoms with van der Waals surface area (Å²) in [6.45, 7) is 6.01. The monoisotopic (exact) mass is 303 g/mol. The molecule has 2 aromatic rings. The van der Waals surface area contributed by atoms with E-state index in [-0.39, 0.29) is 11.6 Å². The molecule has 0 spiro atoms. The first-order chi connectivity index (χ1) is 10.4. The van der Waals surface area contributed by atoms with Gasteiger partial charge in [0, 0.05) is 18.1 Å². The van der Waals surface area contributed by atoms with Crippen molar-refractivity contribution in [2.45, 2.75) is 33.6 Å². The van der Waals surface area contributed by atoms with Gasteiger partial charge < -0.3 is 20.1 Å². The Labute approximate surface area is 129 Å². The van der Waals surface area contributed by atoms with E-state index in [0.717, 1.165) is 29.9 Å². The molecule has 0 aliphatic carbocycles. The van der Waals surface area contributed by atoms with E-state index in [1.54, 1.807) is 13.0 Å². The number of aromatic nitrogens is 1. The van der Waals surface area contributed by atoms with Crippen LogP contribution in [0.4, 0.5) is 0 Å². The number of aromatic hydroxyl groups is 1. The van der Waals surface area contributed by atoms with E-state index in [0.29, 0.717) is 23.5 Å². The van der Waals surface area contributed by atoms with Crippen LogP contribution >= 0.6 is 0 Å². The molecule has 0 amide bonds. The lowest BCUT2D eigenvalue weighted by Crippen LogP contribution is -2.13. The fourth-order valence-electron chi connectivity index (χ4n) is 2.34. The summed E-state index contributed by atoms with van der Waals surface area (Å²) in [5, 5.41) is 21.4. The van der Waals surface area contributed by atoms with Gasteiger partial charge in [-0.2, -0.15) is 0 Å². The molecule has 0 atom stereocenters. The number of nitrogen functional groups attached to an aromatic ring is 1. The van der Waals surface area contributed by atoms with E-state index in [2.05, 4.69) is 5.16 Å². The third-order valence-electron chi connectivity index (χ3n) is 3.45. The highest BCUT2D eigenvalue weighted by Crippen LogP contribution is 2.33. The van der Waals surface area contributed by atoms with Gasteiger partial charge in [-0.3, -0.25) is 5.41 Å². The number of nitrogens with zero attached hydrogens (tertiary/aromatic N) is 1. The molecule has 6 heteroatoms. The summed E-state index contributed by atoms with van der Waals surface area (Å²) in [6.07, 6.45) is 1.53. The third kappa shape index (κ3) is 3.39. The second-order valence-corrected chi connectivity index (χ2v) is 5.34. The number of ether oxygens (including phenoxy) is 1. The minimum Gasteiger partial charge on any atom is -0.507 e. The molecule has 2 rings (SSSR count). The van der Waals surface area contributed by atoms with Gasteiger partial charge in [-0.15, -0.1) is 0 Å². The molecule has 0 unspecified atom stereocenters. The van der Waals surface area contributed by atoms with Gasteiger partial charge in [0.15, 0.2) is 0 Å². The van der Waals surface area contributed by atoms with Gasteiger partial charge in [0.05, 0.1) is 17.9 Å². The maximum atomic E-state index is 10.1. The van der Waals surface area contributed by atoms with Gasteiger partial charge in [-0.25, -0.2) is 0 Å². The van der Waals surface area contributed by atoms with Gasteiger partial charge in [-0.1, -0.05) is 5.16 Å². The number of nitrogens with one attached hydrogen (secondary N) is 1. The van der Waals surface area contributed by atoms with Gasteiger partial charge in [-0.05, 0) is 38.8 Å². The van der Waals surface area contributed by atoms with Crippen LogP contribution in [0.25, 0.3) is 0 Å². The maximum absolute atomic E-state index is 10.1. The van der Waals surface area contributed by atoms with Crippen LogP contribution in [-0.2, 0) is 6.42 Å². The lowest BCUT2D eigenvalue weighted by atomic mass is 10.0. The molecular weight excluding hydrogens is 282 g/mol. The molecule has 22 heavy (non-hydrogen) atoms. The highest BCUT2D eigenvalue weighted by Gasteiger charge is 2.15. The van der Waals surface area contributed by atoms with Crippen molar-refractivity contribution >= 4 is 5.84 Å². The molecule has 0 aliphatic heterocycles. The Morgan fingerprint density at radius 2 is 2.09 bits per heavy atom. The SMILES string of the molecule is Cc1cc(CCCOc2c(C)cc(C(=N)N)c(O)c2C)on1. The zero-order chi connectivity index (χ0) is 16.3. The van der Waals surface area contributed by atoms with Crippen molar-refractivity contribution in [3.8, 4) is 11.5 Å². The lowest BCUT2D eigenvalue weighted by Gasteiger charge is -2.15. The van der Waals surface area contributed by atoms with Crippen molar-refractivity contribution in [3.05, 3.63) is 40.3 Å². The predicted octanol–water partition coefficient (Wildman–Crippen LogP) is 2.60. The molecular formula is C16H21N3O3. The number of hydrogen-bond acceptors (Lipinski definition) is 5. The average molecular weight is 303 g/mol. The molecule has 6 nitrogen and oxygen atoms in total. The van der Waals surface area contributed by atoms with Crippen molar-refractivity contribution in [3.63, 3.8) is 0 Å². The van der Waals surface area contributed by atoms with Crippen LogP contribution in [0.15, 0.2) is 16.7 Å². The summed E-state index contributed by atoms with van der Waals surface area (Å²) >= 11 is 0. The summed E-state index contributed by atoms with van der Waals surface area (Å²) in [5.41, 5.74) is 8.10. The van der Waals surface area contributed by atoms with Gasteiger partial charge in [0.2, 0.25) is 0 Å². The number of rotatable bonds is 6. The van der Waals surface area contributed by atoms with E-state index in [4.69, 9.17) is 20.4 Å². The summed E-state index contributed by atoms with van der Waals surface area (Å²) < 4.78 is 10.9. The Morgan fingerprint density at radius 3 is 2.68 bits per heavy atom. The second-order valence-electron chi connectivity index (χ2n) is 5.34. The number of hydrogen-bond donors (Lipinski definition) is 3. The zero-order valence-electron chi connectivity index (χ0n) is 13.1. The normalized spacial score (nSPS) is 10.7. The van der Waals surface area contributed by atoms with Crippen LogP contribution < -0.4 is 10.5 Å². The van der Waals surface area contributed by atoms with E-state index in [9.17, 15) is 5.11 Å². The average Bonchev–Trinajstić information content (AvgIpc) is 2.87. The van der Waals surface area contributed by atoms with Crippen LogP contribution in [0, 0.1) is 26.2 Å². The highest BCUT2D eigenvalue weighted by atomic mass is 16.5. The highest BCUT2D eigenvalue weighted by molar-refractivity contribution is 5.98. The minimum atomic E-state index is -0.157. The number of phenols is 1. The first kappa shape index (κ1) is 15.9. The van der Waals surface area contributed by atoms with Crippen molar-refractivity contribution in [1.29, 1.82) is 5.41 Å². The third-order valence-corrected chi connectivity index (χ3v) is 3.45. The quantitative estimate of drug-likeness (QED) is 0.432. The first-order valence-corrected chi connectivity index (χ1v) is 7.12. The number of benzene rings is 1. The Kier molecular flexibility index (Phi) is 4.70. The van der Waals surface area contributed by atoms with Crippen LogP contribution in [0.5, 0.6) is 11.5 Å². The summed E-state index contributed by atoms with van der Waals surface area (Å²) in [6, 6.07) is 3.57. The standard InChI is InChI=1S/C16H21N3O3/c1-9-7-13(16(17)18)14(20)11(3)15(9)21-6-4-5-12-8-10(2)19-22-12/h7-8,20H,4-6H2,1-3H3,(H3,17,18). The van der Waals surface area contributed by atoms with Crippen molar-refractivity contribution < 1.29 is 14.4 Å². The number of phenolic OH excluding ortho intramolecular Hbond substituents is 1. The van der Waals surface area contributed by atoms with E-state index >= 15 is 0 Å². The summed E-state index contributed by atoms with van der Waals surface area (Å²) in [7, 11) is 0. The van der Waals surface area contributed by atoms with E-state index in [1.807, 2.05) is 19.9 Å². The zero-order valence-corrected chi connectivity index (χ0v) is 13.1. The number of aryl methyl sites for hydroxylation is 3. The van der Waals surface area contributed by atoms with Crippen molar-refractivity contribution in [2.24, 2.45) is 5.73 Å². The van der Waals surface area contributed by atoms with Crippen LogP contribution in [0.3, 0.4) is 0 Å². The molecule has 0 aliphatic rings. The molecule has 0 fully saturated rings. The van der Waals surface area contributed by atoms with E-state index < -0.39 is 0 Å². The molecule has 0 saturated heterocycles. The molecule has 0 bridgehead atoms. The van der Waals surface area contributed by atoms with Crippen LogP contribution in [-0.4, -0.2) is 22.7 Å². The van der Waals surface area contributed by atoms with Crippen molar-refractivity contribution in [1.82, 2.24) is 5.16 Å². The van der Waals surface area contributed by atoms with Crippen molar-refractivity contribution in [2.75, 3.05) is 6.61 Å². The maximum Gasteiger partial charge on any atom is 0.137 e. The fraction of sp³-hybridized carbons (Fsp3) is 0.375. The van der Waals surface area contributed by atoms with E-state index in [1.165, 1.54) is 0 Å². The molecule has 1 heterocycles. The number of nitrogens with two attached hydrogens (primary N) is 1. The molecule has 1 aromatic carbocycles. The summed E-state index contributed by atoms with van der Waals surface area (Å²) in [5.74, 6) is 1.32. The van der Waals surface area contributed by atoms with Gasteiger partial charge in [0.1, 0.15) is 23.1 Å². The molecule has 0 radical (unpaired) electrons. The second kappa shape index (κ2) is 6.51. The van der Waals surface area contributed by atoms with Gasteiger partial charge >= 0.3 is 0 Å². The Bertz CT molecular complexity index is 692. The van der Waals surface area contributed by atoms with Gasteiger partial charge in [0.25, 0.3) is 0 Å². The fourth-order valence-corrected chi connectivity index (χ4v) is 2.34. The van der Waals surface area contributed by atoms with Crippen LogP contribution in [0.1, 0.15) is 34.6 Å². The molecule has 1 aromatic heterocycles. The lowest BCUT2D eigenvalue weighted by molar-refractivity contribution is 0.294. The Balaban J connectivity index is 2.01. The first-order valence-electron chi connectivity index (χ1n) is 7.12. The molecule has 4 N–H and O–H groups in total. The predicted molar refractivity (Wildman–Crippen MR) is 83.7 cm³/mol. The topological polar surface area (TPSA) is 105 Å².